The monoisotopic (exact) mass is 517 g/mol. The number of carbonyl (C=O) groups excluding carboxylic acids is 1. The summed E-state index contributed by atoms with van der Waals surface area (Å²) in [5, 5.41) is 44.3. The van der Waals surface area contributed by atoms with Gasteiger partial charge in [0, 0.05) is 42.6 Å². The molecule has 1 saturated heterocycles. The third-order valence-electron chi connectivity index (χ3n) is 7.20. The van der Waals surface area contributed by atoms with Gasteiger partial charge in [0.2, 0.25) is 0 Å². The van der Waals surface area contributed by atoms with Gasteiger partial charge in [-0.3, -0.25) is 4.79 Å². The lowest BCUT2D eigenvalue weighted by Crippen LogP contribution is -2.49. The van der Waals surface area contributed by atoms with Crippen molar-refractivity contribution in [3.05, 3.63) is 39.9 Å². The van der Waals surface area contributed by atoms with Gasteiger partial charge in [-0.1, -0.05) is 17.3 Å². The van der Waals surface area contributed by atoms with E-state index in [0.29, 0.717) is 22.2 Å². The Bertz CT molecular complexity index is 1180. The number of nitrogens with zero attached hydrogens (tertiary/aromatic N) is 3. The lowest BCUT2D eigenvalue weighted by atomic mass is 9.64. The molecule has 2 aromatic rings. The minimum absolute atomic E-state index is 0.0236. The molecule has 6 N–H and O–H groups in total. The zero-order chi connectivity index (χ0) is 26.0. The number of rotatable bonds is 8. The van der Waals surface area contributed by atoms with E-state index >= 15 is 0 Å². The molecular formula is C23H30BN4O7S+. The number of aliphatic hydroxyl groups excluding tert-OH is 1. The molecule has 3 heterocycles. The molecule has 0 aliphatic carbocycles. The Hall–Kier alpha value is -3.00. The molecule has 13 heteroatoms. The molecule has 0 spiro atoms. The molecule has 2 aliphatic heterocycles. The number of thiazole rings is 1. The first-order valence-electron chi connectivity index (χ1n) is 11.8. The molecule has 0 saturated carbocycles. The number of fused-ring (bicyclic) bond motifs is 1. The maximum atomic E-state index is 12.8. The zero-order valence-electron chi connectivity index (χ0n) is 20.0. The fourth-order valence-electron chi connectivity index (χ4n) is 5.08. The fraction of sp³-hybridized carbons (Fsp3) is 0.478. The SMILES string of the molecule is C[N+]1(Cc2ccc3c(c2C(=O)O)OB(O)[C@@H](CC(=O)/C(=N\O)c2csc(N)n2)C3)CCC(CO)CC1. The van der Waals surface area contributed by atoms with E-state index in [9.17, 15) is 30.0 Å². The second-order valence-corrected chi connectivity index (χ2v) is 10.8. The third kappa shape index (κ3) is 5.38. The molecule has 0 radical (unpaired) electrons. The molecule has 11 nitrogen and oxygen atoms in total. The molecule has 1 fully saturated rings. The second-order valence-electron chi connectivity index (χ2n) is 9.86. The van der Waals surface area contributed by atoms with Gasteiger partial charge in [0.25, 0.3) is 0 Å². The Labute approximate surface area is 212 Å². The van der Waals surface area contributed by atoms with Crippen molar-refractivity contribution in [1.29, 1.82) is 0 Å². The number of anilines is 1. The maximum Gasteiger partial charge on any atom is 0.526 e. The highest BCUT2D eigenvalue weighted by molar-refractivity contribution is 7.13. The van der Waals surface area contributed by atoms with Gasteiger partial charge in [0.1, 0.15) is 23.6 Å². The molecule has 192 valence electrons. The first kappa shape index (κ1) is 26.1. The summed E-state index contributed by atoms with van der Waals surface area (Å²) in [5.41, 5.74) is 6.71. The van der Waals surface area contributed by atoms with Crippen molar-refractivity contribution in [2.75, 3.05) is 32.5 Å². The highest BCUT2D eigenvalue weighted by Crippen LogP contribution is 2.39. The number of oxime groups is 1. The largest absolute Gasteiger partial charge is 0.535 e. The minimum Gasteiger partial charge on any atom is -0.535 e. The second kappa shape index (κ2) is 10.5. The number of ketones is 1. The summed E-state index contributed by atoms with van der Waals surface area (Å²) in [6, 6.07) is 3.57. The normalized spacial score (nSPS) is 24.2. The zero-order valence-corrected chi connectivity index (χ0v) is 20.8. The topological polar surface area (TPSA) is 176 Å². The van der Waals surface area contributed by atoms with Crippen molar-refractivity contribution in [3.8, 4) is 5.75 Å². The van der Waals surface area contributed by atoms with Crippen LogP contribution in [0.15, 0.2) is 22.7 Å². The lowest BCUT2D eigenvalue weighted by molar-refractivity contribution is -0.928. The van der Waals surface area contributed by atoms with Crippen molar-refractivity contribution in [1.82, 2.24) is 4.98 Å². The van der Waals surface area contributed by atoms with Crippen LogP contribution in [0, 0.1) is 5.92 Å². The van der Waals surface area contributed by atoms with Gasteiger partial charge in [-0.15, -0.1) is 11.3 Å². The smallest absolute Gasteiger partial charge is 0.526 e. The van der Waals surface area contributed by atoms with Crippen molar-refractivity contribution in [3.63, 3.8) is 0 Å². The van der Waals surface area contributed by atoms with Crippen LogP contribution in [-0.4, -0.2) is 81.2 Å². The summed E-state index contributed by atoms with van der Waals surface area (Å²) in [6.45, 7) is 2.31. The van der Waals surface area contributed by atoms with Crippen LogP contribution < -0.4 is 10.4 Å². The van der Waals surface area contributed by atoms with E-state index < -0.39 is 24.7 Å². The number of piperidine rings is 1. The van der Waals surface area contributed by atoms with E-state index in [4.69, 9.17) is 10.4 Å². The summed E-state index contributed by atoms with van der Waals surface area (Å²) in [6.07, 6.45) is 1.77. The van der Waals surface area contributed by atoms with Gasteiger partial charge < -0.3 is 35.3 Å². The number of likely N-dealkylation sites (tertiary alicyclic amines) is 1. The first-order valence-corrected chi connectivity index (χ1v) is 12.7. The molecular weight excluding hydrogens is 487 g/mol. The molecule has 0 unspecified atom stereocenters. The Balaban J connectivity index is 1.54. The number of carbonyl (C=O) groups is 2. The van der Waals surface area contributed by atoms with E-state index in [-0.39, 0.29) is 53.2 Å². The number of carboxylic acids is 1. The first-order chi connectivity index (χ1) is 17.1. The predicted molar refractivity (Wildman–Crippen MR) is 133 cm³/mol. The Morgan fingerprint density at radius 1 is 1.33 bits per heavy atom. The Morgan fingerprint density at radius 3 is 2.64 bits per heavy atom. The number of aromatic carboxylic acids is 1. The number of quaternary nitrogens is 1. The van der Waals surface area contributed by atoms with Crippen LogP contribution in [0.4, 0.5) is 5.13 Å². The molecule has 0 bridgehead atoms. The van der Waals surface area contributed by atoms with Gasteiger partial charge in [0.05, 0.1) is 20.1 Å². The molecule has 1 aromatic carbocycles. The van der Waals surface area contributed by atoms with Crippen molar-refractivity contribution in [2.24, 2.45) is 11.1 Å². The van der Waals surface area contributed by atoms with Gasteiger partial charge in [0.15, 0.2) is 16.6 Å². The lowest BCUT2D eigenvalue weighted by Gasteiger charge is -2.40. The van der Waals surface area contributed by atoms with Crippen LogP contribution in [-0.2, 0) is 17.8 Å². The maximum absolute atomic E-state index is 12.8. The molecule has 0 amide bonds. The van der Waals surface area contributed by atoms with Crippen LogP contribution >= 0.6 is 11.3 Å². The molecule has 4 rings (SSSR count). The third-order valence-corrected chi connectivity index (χ3v) is 7.88. The fourth-order valence-corrected chi connectivity index (χ4v) is 5.63. The van der Waals surface area contributed by atoms with Crippen LogP contribution in [0.3, 0.4) is 0 Å². The number of aliphatic hydroxyl groups is 1. The number of nitrogens with two attached hydrogens (primary N) is 1. The average Bonchev–Trinajstić information content (AvgIpc) is 3.26. The summed E-state index contributed by atoms with van der Waals surface area (Å²) < 4.78 is 6.36. The van der Waals surface area contributed by atoms with Gasteiger partial charge in [-0.2, -0.15) is 0 Å². The standard InChI is InChI=1S/C23H29BN4O7S/c1-28(6-4-13(11-29)5-7-28)10-15-3-2-14-8-16(24(33)35-21(14)19(15)22(31)32)9-18(30)20(27-34)17-12-36-23(25)26-17/h2-3,12-13,16,29,33H,4-11H2,1H3,(H3-,25,26,30,31,32,34)/p+1/t13?,16-,28?/m1/s1. The van der Waals surface area contributed by atoms with Crippen LogP contribution in [0.2, 0.25) is 5.82 Å². The quantitative estimate of drug-likeness (QED) is 0.114. The molecule has 2 aliphatic rings. The predicted octanol–water partition coefficient (Wildman–Crippen LogP) is 1.40. The average molecular weight is 517 g/mol. The van der Waals surface area contributed by atoms with Crippen LogP contribution in [0.1, 0.15) is 46.4 Å². The summed E-state index contributed by atoms with van der Waals surface area (Å²) in [5.74, 6) is -1.96. The number of Topliss-reactive ketones (excluding diaryl/α,β-unsaturated/α-hetero) is 1. The Morgan fingerprint density at radius 2 is 2.06 bits per heavy atom. The van der Waals surface area contributed by atoms with Gasteiger partial charge in [-0.25, -0.2) is 9.78 Å². The van der Waals surface area contributed by atoms with Crippen LogP contribution in [0.25, 0.3) is 0 Å². The van der Waals surface area contributed by atoms with E-state index in [0.717, 1.165) is 37.3 Å². The summed E-state index contributed by atoms with van der Waals surface area (Å²) in [4.78, 5) is 29.0. The van der Waals surface area contributed by atoms with Crippen molar-refractivity contribution in [2.45, 2.75) is 38.0 Å². The number of hydrogen-bond acceptors (Lipinski definition) is 10. The highest BCUT2D eigenvalue weighted by Gasteiger charge is 2.40. The number of carboxylic acid groups (broad SMARTS) is 1. The van der Waals surface area contributed by atoms with Crippen molar-refractivity contribution < 1.29 is 39.2 Å². The van der Waals surface area contributed by atoms with E-state index in [2.05, 4.69) is 17.2 Å². The molecule has 1 aromatic heterocycles. The minimum atomic E-state index is -1.42. The summed E-state index contributed by atoms with van der Waals surface area (Å²) in [7, 11) is 0.659. The van der Waals surface area contributed by atoms with E-state index in [1.165, 1.54) is 5.38 Å². The van der Waals surface area contributed by atoms with Crippen LogP contribution in [0.5, 0.6) is 5.75 Å². The highest BCUT2D eigenvalue weighted by atomic mass is 32.1. The van der Waals surface area contributed by atoms with E-state index in [1.54, 1.807) is 12.1 Å². The molecule has 1 atom stereocenters. The number of aromatic nitrogens is 1. The van der Waals surface area contributed by atoms with Gasteiger partial charge in [-0.05, 0) is 17.9 Å². The van der Waals surface area contributed by atoms with E-state index in [1.807, 2.05) is 0 Å². The molecule has 36 heavy (non-hydrogen) atoms. The van der Waals surface area contributed by atoms with Crippen molar-refractivity contribution >= 4 is 41.1 Å². The number of benzene rings is 1. The Kier molecular flexibility index (Phi) is 7.64. The van der Waals surface area contributed by atoms with Gasteiger partial charge >= 0.3 is 13.1 Å². The summed E-state index contributed by atoms with van der Waals surface area (Å²) >= 11 is 1.10. The number of hydrogen-bond donors (Lipinski definition) is 5. The number of nitrogen functional groups attached to an aromatic ring is 1.